The van der Waals surface area contributed by atoms with Gasteiger partial charge in [0, 0.05) is 47.4 Å². The Balaban J connectivity index is 1.54. The number of nitrogens with zero attached hydrogens (tertiary/aromatic N) is 2. The van der Waals surface area contributed by atoms with E-state index >= 15 is 0 Å². The molecule has 2 amide bonds. The Bertz CT molecular complexity index is 1480. The van der Waals surface area contributed by atoms with Gasteiger partial charge in [-0.05, 0) is 60.9 Å². The third-order valence-electron chi connectivity index (χ3n) is 6.57. The number of carbonyl (C=O) groups excluding carboxylic acids is 2. The number of aromatic amines is 1. The standard InChI is InChI=1S/C29H34Cl2N8O4/c1-42-13-14-43-29(41)36-20-8-9-21-24(16-20)33-12-4-2-3-5-23(28-38-26(21)27(31)39-28)37-25(40)11-6-18-15-19(30)7-10-22(18)34-17-35-32/h6-11,15-17,23,33H,2-5,12-14,32H2,1H3,(H,34,35)(H,36,41)(H,37,40)(H,38,39)/b11-6+/t23-/m0/s1. The lowest BCUT2D eigenvalue weighted by atomic mass is 10.1. The molecule has 1 aliphatic rings. The van der Waals surface area contributed by atoms with Crippen LogP contribution in [0.5, 0.6) is 0 Å². The third-order valence-corrected chi connectivity index (χ3v) is 7.08. The van der Waals surface area contributed by atoms with E-state index in [1.165, 1.54) is 19.5 Å². The second kappa shape index (κ2) is 15.8. The van der Waals surface area contributed by atoms with Gasteiger partial charge in [-0.2, -0.15) is 5.10 Å². The molecule has 228 valence electrons. The van der Waals surface area contributed by atoms with Gasteiger partial charge in [0.05, 0.1) is 12.6 Å². The number of halogens is 2. The first-order chi connectivity index (χ1) is 20.9. The number of aromatic nitrogens is 2. The van der Waals surface area contributed by atoms with E-state index in [1.807, 2.05) is 12.1 Å². The molecule has 0 saturated carbocycles. The maximum absolute atomic E-state index is 13.0. The fraction of sp³-hybridized carbons (Fsp3) is 0.310. The fourth-order valence-corrected chi connectivity index (χ4v) is 4.93. The van der Waals surface area contributed by atoms with Crippen molar-refractivity contribution in [2.45, 2.75) is 31.7 Å². The number of methoxy groups -OCH3 is 1. The van der Waals surface area contributed by atoms with Gasteiger partial charge in [0.25, 0.3) is 0 Å². The number of ether oxygens (including phenoxy) is 2. The molecule has 12 nitrogen and oxygen atoms in total. The van der Waals surface area contributed by atoms with E-state index in [9.17, 15) is 9.59 Å². The third kappa shape index (κ3) is 9.11. The van der Waals surface area contributed by atoms with Crippen molar-refractivity contribution in [2.24, 2.45) is 10.9 Å². The summed E-state index contributed by atoms with van der Waals surface area (Å²) in [7, 11) is 1.53. The summed E-state index contributed by atoms with van der Waals surface area (Å²) in [5, 5.41) is 16.5. The highest BCUT2D eigenvalue weighted by atomic mass is 35.5. The highest BCUT2D eigenvalue weighted by Gasteiger charge is 2.22. The average molecular weight is 630 g/mol. The monoisotopic (exact) mass is 628 g/mol. The topological polar surface area (TPSA) is 168 Å². The molecule has 0 spiro atoms. The van der Waals surface area contributed by atoms with Crippen LogP contribution in [0.3, 0.4) is 0 Å². The number of hydrogen-bond donors (Lipinski definition) is 6. The Morgan fingerprint density at radius 1 is 1.16 bits per heavy atom. The molecule has 0 unspecified atom stereocenters. The Kier molecular flexibility index (Phi) is 11.7. The summed E-state index contributed by atoms with van der Waals surface area (Å²) in [6, 6.07) is 10.2. The fourth-order valence-electron chi connectivity index (χ4n) is 4.50. The van der Waals surface area contributed by atoms with Gasteiger partial charge in [0.15, 0.2) is 0 Å². The lowest BCUT2D eigenvalue weighted by molar-refractivity contribution is -0.117. The van der Waals surface area contributed by atoms with E-state index in [-0.39, 0.29) is 12.5 Å². The average Bonchev–Trinajstić information content (AvgIpc) is 3.37. The SMILES string of the molecule is COCCOC(=O)Nc1ccc2c(c1)NCCCCC[C@H](NC(=O)/C=C/c1cc(Cl)ccc1N/C=N\N)c1nc-2c(Cl)[nH]1. The number of amides is 2. The molecule has 0 radical (unpaired) electrons. The van der Waals surface area contributed by atoms with E-state index in [0.29, 0.717) is 58.2 Å². The Morgan fingerprint density at radius 3 is 2.84 bits per heavy atom. The molecule has 1 atom stereocenters. The van der Waals surface area contributed by atoms with Gasteiger partial charge >= 0.3 is 6.09 Å². The Morgan fingerprint density at radius 2 is 2.02 bits per heavy atom. The van der Waals surface area contributed by atoms with Crippen LogP contribution in [0.25, 0.3) is 17.3 Å². The van der Waals surface area contributed by atoms with Crippen molar-refractivity contribution in [2.75, 3.05) is 42.8 Å². The van der Waals surface area contributed by atoms with Crippen molar-refractivity contribution in [1.82, 2.24) is 15.3 Å². The number of benzene rings is 2. The summed E-state index contributed by atoms with van der Waals surface area (Å²) < 4.78 is 10.0. The summed E-state index contributed by atoms with van der Waals surface area (Å²) in [5.41, 5.74) is 3.95. The van der Waals surface area contributed by atoms with Gasteiger partial charge in [-0.15, -0.1) is 0 Å². The molecule has 4 rings (SSSR count). The van der Waals surface area contributed by atoms with Crippen molar-refractivity contribution in [3.05, 3.63) is 64.0 Å². The smallest absolute Gasteiger partial charge is 0.411 e. The zero-order valence-electron chi connectivity index (χ0n) is 23.6. The summed E-state index contributed by atoms with van der Waals surface area (Å²) in [6.07, 6.45) is 7.21. The number of nitrogens with two attached hydrogens (primary N) is 1. The number of fused-ring (bicyclic) bond motifs is 4. The van der Waals surface area contributed by atoms with Crippen LogP contribution in [-0.4, -0.2) is 55.2 Å². The summed E-state index contributed by atoms with van der Waals surface area (Å²) in [5.74, 6) is 5.43. The van der Waals surface area contributed by atoms with Crippen LogP contribution < -0.4 is 27.1 Å². The summed E-state index contributed by atoms with van der Waals surface area (Å²) in [4.78, 5) is 33.1. The second-order valence-corrected chi connectivity index (χ2v) is 10.4. The highest BCUT2D eigenvalue weighted by Crippen LogP contribution is 2.36. The first-order valence-electron chi connectivity index (χ1n) is 13.7. The number of carbonyl (C=O) groups is 2. The maximum atomic E-state index is 13.0. The molecular formula is C29H34Cl2N8O4. The molecule has 14 heteroatoms. The predicted molar refractivity (Wildman–Crippen MR) is 171 cm³/mol. The first-order valence-corrected chi connectivity index (χ1v) is 14.5. The molecule has 1 aliphatic heterocycles. The van der Waals surface area contributed by atoms with Crippen molar-refractivity contribution in [3.63, 3.8) is 0 Å². The quantitative estimate of drug-likeness (QED) is 0.0435. The van der Waals surface area contributed by atoms with Crippen molar-refractivity contribution in [3.8, 4) is 11.3 Å². The number of imidazole rings is 1. The lowest BCUT2D eigenvalue weighted by Gasteiger charge is -2.17. The predicted octanol–water partition coefficient (Wildman–Crippen LogP) is 5.75. The molecule has 2 bridgehead atoms. The van der Waals surface area contributed by atoms with Gasteiger partial charge in [0.2, 0.25) is 5.91 Å². The second-order valence-electron chi connectivity index (χ2n) is 9.62. The zero-order valence-corrected chi connectivity index (χ0v) is 25.1. The van der Waals surface area contributed by atoms with Crippen LogP contribution in [-0.2, 0) is 14.3 Å². The lowest BCUT2D eigenvalue weighted by Crippen LogP contribution is -2.28. The molecular weight excluding hydrogens is 595 g/mol. The van der Waals surface area contributed by atoms with Gasteiger partial charge in [0.1, 0.15) is 29.6 Å². The van der Waals surface area contributed by atoms with Crippen LogP contribution in [0.1, 0.15) is 43.1 Å². The highest BCUT2D eigenvalue weighted by molar-refractivity contribution is 6.32. The molecule has 3 aromatic rings. The van der Waals surface area contributed by atoms with Crippen LogP contribution >= 0.6 is 23.2 Å². The number of hydrazone groups is 1. The van der Waals surface area contributed by atoms with Crippen molar-refractivity contribution < 1.29 is 19.1 Å². The number of H-pyrrole nitrogens is 1. The Labute approximate surface area is 259 Å². The molecule has 0 saturated heterocycles. The van der Waals surface area contributed by atoms with E-state index < -0.39 is 12.1 Å². The van der Waals surface area contributed by atoms with Gasteiger partial charge in [-0.3, -0.25) is 10.1 Å². The van der Waals surface area contributed by atoms with Crippen LogP contribution in [0.2, 0.25) is 10.2 Å². The maximum Gasteiger partial charge on any atom is 0.411 e. The normalized spacial score (nSPS) is 15.2. The molecule has 43 heavy (non-hydrogen) atoms. The minimum Gasteiger partial charge on any atom is -0.447 e. The minimum absolute atomic E-state index is 0.146. The Hall–Kier alpha value is -4.26. The molecule has 7 N–H and O–H groups in total. The van der Waals surface area contributed by atoms with Crippen LogP contribution in [0.4, 0.5) is 21.9 Å². The molecule has 0 fully saturated rings. The van der Waals surface area contributed by atoms with Crippen LogP contribution in [0.15, 0.2) is 47.6 Å². The van der Waals surface area contributed by atoms with E-state index in [1.54, 1.807) is 30.3 Å². The van der Waals surface area contributed by atoms with Crippen LogP contribution in [0, 0.1) is 0 Å². The number of rotatable bonds is 9. The van der Waals surface area contributed by atoms with E-state index in [2.05, 4.69) is 31.4 Å². The molecule has 2 aromatic carbocycles. The zero-order chi connectivity index (χ0) is 30.6. The molecule has 2 heterocycles. The van der Waals surface area contributed by atoms with E-state index in [0.717, 1.165) is 30.5 Å². The number of hydrogen-bond acceptors (Lipinski definition) is 8. The largest absolute Gasteiger partial charge is 0.447 e. The van der Waals surface area contributed by atoms with Gasteiger partial charge in [-0.1, -0.05) is 36.0 Å². The summed E-state index contributed by atoms with van der Waals surface area (Å²) in [6.45, 7) is 1.16. The van der Waals surface area contributed by atoms with Gasteiger partial charge in [-0.25, -0.2) is 9.78 Å². The summed E-state index contributed by atoms with van der Waals surface area (Å²) >= 11 is 12.8. The van der Waals surface area contributed by atoms with Crippen molar-refractivity contribution >= 4 is 64.7 Å². The van der Waals surface area contributed by atoms with Gasteiger partial charge < -0.3 is 36.3 Å². The number of nitrogens with one attached hydrogen (secondary N) is 5. The van der Waals surface area contributed by atoms with E-state index in [4.69, 9.17) is 43.5 Å². The number of anilines is 3. The molecule has 0 aliphatic carbocycles. The van der Waals surface area contributed by atoms with Crippen molar-refractivity contribution in [1.29, 1.82) is 0 Å². The molecule has 1 aromatic heterocycles. The first kappa shape index (κ1) is 31.7. The minimum atomic E-state index is -0.579.